The molecule has 6 N–H and O–H groups in total. The first-order valence-electron chi connectivity index (χ1n) is 5.88. The van der Waals surface area contributed by atoms with Crippen molar-refractivity contribution in [2.75, 3.05) is 37.7 Å². The van der Waals surface area contributed by atoms with Crippen LogP contribution in [0.1, 0.15) is 12.8 Å². The van der Waals surface area contributed by atoms with Gasteiger partial charge in [0.1, 0.15) is 0 Å². The maximum atomic E-state index is 11.0. The Morgan fingerprint density at radius 1 is 0.800 bits per heavy atom. The lowest BCUT2D eigenvalue weighted by molar-refractivity contribution is -0.121. The Morgan fingerprint density at radius 3 is 1.45 bits per heavy atom. The number of nitrogens with two attached hydrogens (primary N) is 2. The number of amides is 2. The Morgan fingerprint density at radius 2 is 1.15 bits per heavy atom. The van der Waals surface area contributed by atoms with Crippen LogP contribution >= 0.6 is 46.4 Å². The van der Waals surface area contributed by atoms with Crippen LogP contribution in [0, 0.1) is 0 Å². The Hall–Kier alpha value is 0.140. The summed E-state index contributed by atoms with van der Waals surface area (Å²) in [6.07, 6.45) is 0.760. The minimum Gasteiger partial charge on any atom is -0.355 e. The van der Waals surface area contributed by atoms with Gasteiger partial charge in [-0.3, -0.25) is 9.59 Å². The lowest BCUT2D eigenvalue weighted by Crippen LogP contribution is -2.28. The molecule has 0 spiro atoms. The van der Waals surface area contributed by atoms with Crippen LogP contribution in [0.5, 0.6) is 0 Å². The summed E-state index contributed by atoms with van der Waals surface area (Å²) in [4.78, 5) is 22.1. The van der Waals surface area contributed by atoms with E-state index < -0.39 is 0 Å². The topological polar surface area (TPSA) is 110 Å². The zero-order valence-corrected chi connectivity index (χ0v) is 14.5. The molecule has 0 heterocycles. The van der Waals surface area contributed by atoms with E-state index in [1.165, 1.54) is 0 Å². The average molecular weight is 367 g/mol. The second-order valence-corrected chi connectivity index (χ2v) is 6.12. The van der Waals surface area contributed by atoms with Crippen LogP contribution in [-0.2, 0) is 9.59 Å². The fourth-order valence-electron chi connectivity index (χ4n) is 1.02. The molecule has 20 heavy (non-hydrogen) atoms. The molecule has 0 unspecified atom stereocenters. The molecule has 122 valence electrons. The Balaban J connectivity index is -0.00000144. The fraction of sp³-hybridized carbons (Fsp3) is 0.800. The van der Waals surface area contributed by atoms with Crippen molar-refractivity contribution >= 4 is 58.2 Å². The summed E-state index contributed by atoms with van der Waals surface area (Å²) < 4.78 is 0. The van der Waals surface area contributed by atoms with Crippen LogP contribution in [0.15, 0.2) is 0 Å². The molecule has 0 aromatic heterocycles. The van der Waals surface area contributed by atoms with Gasteiger partial charge >= 0.3 is 0 Å². The molecular formula is C10H24Cl2N4O2S2. The van der Waals surface area contributed by atoms with Crippen LogP contribution in [0.4, 0.5) is 0 Å². The largest absolute Gasteiger partial charge is 0.355 e. The third-order valence-corrected chi connectivity index (χ3v) is 4.25. The van der Waals surface area contributed by atoms with Gasteiger partial charge in [0.15, 0.2) is 0 Å². The molecule has 0 radical (unpaired) electrons. The molecule has 0 bridgehead atoms. The summed E-state index contributed by atoms with van der Waals surface area (Å²) >= 11 is 0. The van der Waals surface area contributed by atoms with E-state index >= 15 is 0 Å². The molecule has 10 heteroatoms. The van der Waals surface area contributed by atoms with E-state index in [1.807, 2.05) is 0 Å². The number of rotatable bonds is 11. The van der Waals surface area contributed by atoms with Gasteiger partial charge in [-0.15, -0.1) is 24.8 Å². The molecule has 0 saturated heterocycles. The number of carbonyl (C=O) groups is 2. The standard InChI is InChI=1S/C10H22N4O2S2.2ClH/c11-3-1-9(15)13-5-7-17-18-8-6-14-10(16)2-4-12;;/h1-8,11-12H2,(H,13,15)(H,14,16);2*1H. The molecule has 0 aliphatic heterocycles. The molecule has 0 atom stereocenters. The van der Waals surface area contributed by atoms with Gasteiger partial charge in [-0.25, -0.2) is 0 Å². The maximum absolute atomic E-state index is 11.0. The van der Waals surface area contributed by atoms with Gasteiger partial charge in [-0.1, -0.05) is 21.6 Å². The molecule has 0 aliphatic carbocycles. The van der Waals surface area contributed by atoms with Gasteiger partial charge in [0.05, 0.1) is 0 Å². The normalized spacial score (nSPS) is 9.10. The average Bonchev–Trinajstić information content (AvgIpc) is 2.33. The molecule has 2 amide bonds. The van der Waals surface area contributed by atoms with Crippen molar-refractivity contribution in [3.05, 3.63) is 0 Å². The first-order valence-corrected chi connectivity index (χ1v) is 8.37. The van der Waals surface area contributed by atoms with E-state index in [2.05, 4.69) is 10.6 Å². The minimum atomic E-state index is -0.00264. The highest BCUT2D eigenvalue weighted by Crippen LogP contribution is 2.19. The summed E-state index contributed by atoms with van der Waals surface area (Å²) in [7, 11) is 3.35. The molecule has 0 rings (SSSR count). The summed E-state index contributed by atoms with van der Waals surface area (Å²) in [6.45, 7) is 2.07. The van der Waals surface area contributed by atoms with Crippen LogP contribution in [0.3, 0.4) is 0 Å². The predicted octanol–water partition coefficient (Wildman–Crippen LogP) is 0.141. The third-order valence-electron chi connectivity index (χ3n) is 1.84. The van der Waals surface area contributed by atoms with Crippen LogP contribution in [0.25, 0.3) is 0 Å². The number of halogens is 2. The molecule has 0 fully saturated rings. The SMILES string of the molecule is Cl.Cl.NCCC(=O)NCCSSCCNC(=O)CCN. The van der Waals surface area contributed by atoms with Gasteiger partial charge in [0, 0.05) is 50.5 Å². The molecular weight excluding hydrogens is 343 g/mol. The van der Waals surface area contributed by atoms with Crippen molar-refractivity contribution in [3.8, 4) is 0 Å². The molecule has 0 aromatic rings. The third kappa shape index (κ3) is 18.1. The second-order valence-electron chi connectivity index (χ2n) is 3.42. The highest BCUT2D eigenvalue weighted by Gasteiger charge is 1.99. The van der Waals surface area contributed by atoms with E-state index in [-0.39, 0.29) is 36.6 Å². The van der Waals surface area contributed by atoms with Crippen molar-refractivity contribution in [1.29, 1.82) is 0 Å². The molecule has 0 saturated carbocycles. The molecule has 0 aromatic carbocycles. The quantitative estimate of drug-likeness (QED) is 0.306. The highest BCUT2D eigenvalue weighted by molar-refractivity contribution is 8.76. The van der Waals surface area contributed by atoms with Crippen LogP contribution < -0.4 is 22.1 Å². The zero-order valence-electron chi connectivity index (χ0n) is 11.3. The second kappa shape index (κ2) is 19.1. The van der Waals surface area contributed by atoms with Crippen molar-refractivity contribution in [2.45, 2.75) is 12.8 Å². The van der Waals surface area contributed by atoms with Gasteiger partial charge in [0.2, 0.25) is 11.8 Å². The first kappa shape index (κ1) is 25.1. The first-order chi connectivity index (χ1) is 8.70. The van der Waals surface area contributed by atoms with E-state index in [9.17, 15) is 9.59 Å². The molecule has 0 aliphatic rings. The number of hydrogen-bond donors (Lipinski definition) is 4. The van der Waals surface area contributed by atoms with Crippen LogP contribution in [-0.4, -0.2) is 49.5 Å². The van der Waals surface area contributed by atoms with Crippen molar-refractivity contribution in [1.82, 2.24) is 10.6 Å². The smallest absolute Gasteiger partial charge is 0.221 e. The van der Waals surface area contributed by atoms with E-state index in [0.717, 1.165) is 11.5 Å². The van der Waals surface area contributed by atoms with Crippen molar-refractivity contribution < 1.29 is 9.59 Å². The number of hydrogen-bond acceptors (Lipinski definition) is 6. The number of carbonyl (C=O) groups excluding carboxylic acids is 2. The van der Waals surface area contributed by atoms with E-state index in [0.29, 0.717) is 39.0 Å². The van der Waals surface area contributed by atoms with Crippen molar-refractivity contribution in [3.63, 3.8) is 0 Å². The summed E-state index contributed by atoms with van der Waals surface area (Å²) in [5.41, 5.74) is 10.5. The van der Waals surface area contributed by atoms with Crippen molar-refractivity contribution in [2.24, 2.45) is 11.5 Å². The number of nitrogens with one attached hydrogen (secondary N) is 2. The molecule has 6 nitrogen and oxygen atoms in total. The van der Waals surface area contributed by atoms with E-state index in [4.69, 9.17) is 11.5 Å². The zero-order chi connectivity index (χ0) is 13.6. The predicted molar refractivity (Wildman–Crippen MR) is 92.8 cm³/mol. The monoisotopic (exact) mass is 366 g/mol. The summed E-state index contributed by atoms with van der Waals surface area (Å²) in [6, 6.07) is 0. The van der Waals surface area contributed by atoms with Gasteiger partial charge < -0.3 is 22.1 Å². The Bertz CT molecular complexity index is 227. The van der Waals surface area contributed by atoms with E-state index in [1.54, 1.807) is 21.6 Å². The minimum absolute atomic E-state index is 0. The maximum Gasteiger partial charge on any atom is 0.221 e. The summed E-state index contributed by atoms with van der Waals surface area (Å²) in [5, 5.41) is 5.55. The summed E-state index contributed by atoms with van der Waals surface area (Å²) in [5.74, 6) is 1.68. The van der Waals surface area contributed by atoms with Gasteiger partial charge in [-0.2, -0.15) is 0 Å². The fourth-order valence-corrected chi connectivity index (χ4v) is 2.83. The Kier molecular flexibility index (Phi) is 24.0. The lowest BCUT2D eigenvalue weighted by atomic mass is 10.4. The van der Waals surface area contributed by atoms with Gasteiger partial charge in [0.25, 0.3) is 0 Å². The lowest BCUT2D eigenvalue weighted by Gasteiger charge is -2.05. The van der Waals surface area contributed by atoms with Crippen LogP contribution in [0.2, 0.25) is 0 Å². The highest BCUT2D eigenvalue weighted by atomic mass is 35.5. The Labute approximate surface area is 140 Å². The van der Waals surface area contributed by atoms with Gasteiger partial charge in [-0.05, 0) is 0 Å².